The number of aliphatic hydroxyl groups excluding tert-OH is 2. The van der Waals surface area contributed by atoms with Gasteiger partial charge in [0.15, 0.2) is 0 Å². The van der Waals surface area contributed by atoms with Gasteiger partial charge in [0.05, 0.1) is 13.2 Å². The lowest BCUT2D eigenvalue weighted by Gasteiger charge is -2.27. The lowest BCUT2D eigenvalue weighted by atomic mass is 9.82. The highest BCUT2D eigenvalue weighted by atomic mass is 16.3. The number of primary amides is 1. The maximum atomic E-state index is 10.5. The van der Waals surface area contributed by atoms with Crippen LogP contribution in [0.25, 0.3) is 0 Å². The summed E-state index contributed by atoms with van der Waals surface area (Å²) in [4.78, 5) is 10.5. The van der Waals surface area contributed by atoms with Gasteiger partial charge in [-0.25, -0.2) is 0 Å². The predicted molar refractivity (Wildman–Crippen MR) is 45.3 cm³/mol. The minimum absolute atomic E-state index is 0.104. The second-order valence-corrected chi connectivity index (χ2v) is 3.14. The van der Waals surface area contributed by atoms with E-state index < -0.39 is 11.3 Å². The molecule has 1 amide bonds. The normalized spacial score (nSPS) is 11.6. The molecule has 0 unspecified atom stereocenters. The molecule has 4 N–H and O–H groups in total. The highest BCUT2D eigenvalue weighted by molar-refractivity contribution is 5.73. The van der Waals surface area contributed by atoms with E-state index in [-0.39, 0.29) is 19.6 Å². The third-order valence-electron chi connectivity index (χ3n) is 2.32. The molecule has 0 atom stereocenters. The van der Waals surface area contributed by atoms with E-state index in [2.05, 4.69) is 0 Å². The number of aliphatic hydroxyl groups is 2. The van der Waals surface area contributed by atoms with Gasteiger partial charge in [-0.3, -0.25) is 4.79 Å². The van der Waals surface area contributed by atoms with Gasteiger partial charge in [0.25, 0.3) is 0 Å². The van der Waals surface area contributed by atoms with E-state index in [0.717, 1.165) is 0 Å². The molecule has 0 bridgehead atoms. The minimum atomic E-state index is -0.533. The fraction of sp³-hybridized carbons (Fsp3) is 0.875. The predicted octanol–water partition coefficient (Wildman–Crippen LogP) is -0.367. The summed E-state index contributed by atoms with van der Waals surface area (Å²) in [6.45, 7) is 1.66. The molecule has 0 heterocycles. The van der Waals surface area contributed by atoms with Crippen LogP contribution in [0, 0.1) is 5.41 Å². The van der Waals surface area contributed by atoms with Crippen LogP contribution in [0.2, 0.25) is 0 Å². The molecular weight excluding hydrogens is 158 g/mol. The summed E-state index contributed by atoms with van der Waals surface area (Å²) in [7, 11) is 0. The molecule has 0 spiro atoms. The molecule has 0 aromatic rings. The number of carbonyl (C=O) groups is 1. The van der Waals surface area contributed by atoms with Gasteiger partial charge in [0, 0.05) is 11.8 Å². The highest BCUT2D eigenvalue weighted by Crippen LogP contribution is 2.26. The Hall–Kier alpha value is -0.610. The summed E-state index contributed by atoms with van der Waals surface area (Å²) in [5.74, 6) is -0.394. The van der Waals surface area contributed by atoms with Crippen molar-refractivity contribution in [3.63, 3.8) is 0 Å². The van der Waals surface area contributed by atoms with Crippen LogP contribution in [0.5, 0.6) is 0 Å². The molecule has 0 aliphatic heterocycles. The smallest absolute Gasteiger partial charge is 0.217 e. The van der Waals surface area contributed by atoms with E-state index in [9.17, 15) is 4.79 Å². The Labute approximate surface area is 72.4 Å². The molecule has 0 radical (unpaired) electrons. The molecule has 0 fully saturated rings. The molecule has 0 aliphatic carbocycles. The van der Waals surface area contributed by atoms with E-state index in [1.165, 1.54) is 0 Å². The van der Waals surface area contributed by atoms with Gasteiger partial charge in [-0.1, -0.05) is 6.92 Å². The quantitative estimate of drug-likeness (QED) is 0.515. The molecule has 0 saturated carbocycles. The summed E-state index contributed by atoms with van der Waals surface area (Å²) in [5, 5.41) is 18.0. The Bertz CT molecular complexity index is 135. The summed E-state index contributed by atoms with van der Waals surface area (Å²) < 4.78 is 0. The number of rotatable bonds is 6. The van der Waals surface area contributed by atoms with Crippen LogP contribution in [0.15, 0.2) is 0 Å². The Morgan fingerprint density at radius 3 is 2.17 bits per heavy atom. The molecule has 0 aliphatic rings. The van der Waals surface area contributed by atoms with Crippen molar-refractivity contribution in [3.05, 3.63) is 0 Å². The second-order valence-electron chi connectivity index (χ2n) is 3.14. The Morgan fingerprint density at radius 2 is 1.92 bits per heavy atom. The van der Waals surface area contributed by atoms with Crippen LogP contribution in [0.3, 0.4) is 0 Å². The van der Waals surface area contributed by atoms with Crippen LogP contribution in [-0.4, -0.2) is 29.3 Å². The van der Waals surface area contributed by atoms with Crippen molar-refractivity contribution in [1.82, 2.24) is 0 Å². The average Bonchev–Trinajstić information content (AvgIpc) is 2.08. The van der Waals surface area contributed by atoms with E-state index in [0.29, 0.717) is 12.8 Å². The zero-order valence-electron chi connectivity index (χ0n) is 7.42. The standard InChI is InChI=1S/C8H17NO3/c1-2-8(5-10,6-11)4-3-7(9)12/h10-11H,2-6H2,1H3,(H2,9,12). The molecule has 0 saturated heterocycles. The summed E-state index contributed by atoms with van der Waals surface area (Å²) in [5.41, 5.74) is 4.43. The van der Waals surface area contributed by atoms with Crippen LogP contribution in [-0.2, 0) is 4.79 Å². The Morgan fingerprint density at radius 1 is 1.42 bits per heavy atom. The van der Waals surface area contributed by atoms with Crippen LogP contribution < -0.4 is 5.73 Å². The monoisotopic (exact) mass is 175 g/mol. The van der Waals surface area contributed by atoms with Gasteiger partial charge in [0.1, 0.15) is 0 Å². The Kier molecular flexibility index (Phi) is 4.85. The molecule has 4 nitrogen and oxygen atoms in total. The van der Waals surface area contributed by atoms with E-state index in [1.807, 2.05) is 6.92 Å². The summed E-state index contributed by atoms with van der Waals surface area (Å²) in [6.07, 6.45) is 1.31. The van der Waals surface area contributed by atoms with Gasteiger partial charge in [-0.2, -0.15) is 0 Å². The summed E-state index contributed by atoms with van der Waals surface area (Å²) >= 11 is 0. The first kappa shape index (κ1) is 11.4. The number of hydrogen-bond donors (Lipinski definition) is 3. The van der Waals surface area contributed by atoms with E-state index >= 15 is 0 Å². The average molecular weight is 175 g/mol. The number of amides is 1. The fourth-order valence-corrected chi connectivity index (χ4v) is 0.997. The molecule has 0 aromatic carbocycles. The number of hydrogen-bond acceptors (Lipinski definition) is 3. The molecule has 72 valence electrons. The molecule has 0 rings (SSSR count). The number of nitrogens with two attached hydrogens (primary N) is 1. The largest absolute Gasteiger partial charge is 0.396 e. The highest BCUT2D eigenvalue weighted by Gasteiger charge is 2.26. The molecule has 0 aromatic heterocycles. The van der Waals surface area contributed by atoms with Crippen molar-refractivity contribution in [2.45, 2.75) is 26.2 Å². The van der Waals surface area contributed by atoms with Gasteiger partial charge in [0.2, 0.25) is 5.91 Å². The number of carbonyl (C=O) groups excluding carboxylic acids is 1. The lowest BCUT2D eigenvalue weighted by molar-refractivity contribution is -0.119. The SMILES string of the molecule is CCC(CO)(CO)CCC(N)=O. The third-order valence-corrected chi connectivity index (χ3v) is 2.32. The molecular formula is C8H17NO3. The minimum Gasteiger partial charge on any atom is -0.396 e. The third kappa shape index (κ3) is 3.19. The topological polar surface area (TPSA) is 83.6 Å². The second kappa shape index (κ2) is 5.11. The van der Waals surface area contributed by atoms with Crippen molar-refractivity contribution in [2.24, 2.45) is 11.1 Å². The van der Waals surface area contributed by atoms with Crippen LogP contribution in [0.1, 0.15) is 26.2 Å². The fourth-order valence-electron chi connectivity index (χ4n) is 0.997. The van der Waals surface area contributed by atoms with Crippen molar-refractivity contribution in [1.29, 1.82) is 0 Å². The van der Waals surface area contributed by atoms with Gasteiger partial charge in [-0.15, -0.1) is 0 Å². The van der Waals surface area contributed by atoms with Crippen LogP contribution >= 0.6 is 0 Å². The van der Waals surface area contributed by atoms with Gasteiger partial charge >= 0.3 is 0 Å². The van der Waals surface area contributed by atoms with Crippen molar-refractivity contribution < 1.29 is 15.0 Å². The van der Waals surface area contributed by atoms with E-state index in [1.54, 1.807) is 0 Å². The van der Waals surface area contributed by atoms with Crippen molar-refractivity contribution in [3.8, 4) is 0 Å². The van der Waals surface area contributed by atoms with Crippen LogP contribution in [0.4, 0.5) is 0 Å². The maximum absolute atomic E-state index is 10.5. The maximum Gasteiger partial charge on any atom is 0.217 e. The molecule has 4 heteroatoms. The Balaban J connectivity index is 4.01. The lowest BCUT2D eigenvalue weighted by Crippen LogP contribution is -2.30. The first-order valence-electron chi connectivity index (χ1n) is 4.10. The first-order valence-corrected chi connectivity index (χ1v) is 4.10. The first-order chi connectivity index (χ1) is 5.60. The zero-order valence-corrected chi connectivity index (χ0v) is 7.42. The summed E-state index contributed by atoms with van der Waals surface area (Å²) in [6, 6.07) is 0. The van der Waals surface area contributed by atoms with Crippen molar-refractivity contribution >= 4 is 5.91 Å². The zero-order chi connectivity index (χ0) is 9.61. The molecule has 12 heavy (non-hydrogen) atoms. The van der Waals surface area contributed by atoms with Crippen molar-refractivity contribution in [2.75, 3.05) is 13.2 Å². The van der Waals surface area contributed by atoms with Gasteiger partial charge in [-0.05, 0) is 12.8 Å². The van der Waals surface area contributed by atoms with Gasteiger partial charge < -0.3 is 15.9 Å². The van der Waals surface area contributed by atoms with E-state index in [4.69, 9.17) is 15.9 Å².